The Balaban J connectivity index is 2.11. The average Bonchev–Trinajstić information content (AvgIpc) is 2.85. The van der Waals surface area contributed by atoms with E-state index >= 15 is 0 Å². The average molecular weight is 296 g/mol. The lowest BCUT2D eigenvalue weighted by Gasteiger charge is -2.14. The molecule has 1 heterocycles. The van der Waals surface area contributed by atoms with Crippen molar-refractivity contribution in [3.8, 4) is 11.4 Å². The Morgan fingerprint density at radius 1 is 1.35 bits per heavy atom. The molecule has 0 saturated carbocycles. The van der Waals surface area contributed by atoms with Gasteiger partial charge < -0.3 is 9.84 Å². The molecule has 108 valence electrons. The Morgan fingerprint density at radius 3 is 2.80 bits per heavy atom. The second kappa shape index (κ2) is 6.83. The summed E-state index contributed by atoms with van der Waals surface area (Å²) in [5.41, 5.74) is 0.795. The van der Waals surface area contributed by atoms with Crippen LogP contribution in [0.15, 0.2) is 30.6 Å². The first-order valence-corrected chi connectivity index (χ1v) is 6.88. The SMILES string of the molecule is CC(C)OCC(O)Cn1ncnc1-c1ccccc1Cl. The monoisotopic (exact) mass is 295 g/mol. The predicted molar refractivity (Wildman–Crippen MR) is 77.6 cm³/mol. The van der Waals surface area contributed by atoms with Crippen molar-refractivity contribution in [2.75, 3.05) is 6.61 Å². The van der Waals surface area contributed by atoms with Gasteiger partial charge in [0.25, 0.3) is 0 Å². The Kier molecular flexibility index (Phi) is 5.11. The highest BCUT2D eigenvalue weighted by atomic mass is 35.5. The van der Waals surface area contributed by atoms with Crippen molar-refractivity contribution in [3.63, 3.8) is 0 Å². The van der Waals surface area contributed by atoms with Crippen LogP contribution in [0.2, 0.25) is 5.02 Å². The molecule has 0 aliphatic rings. The molecule has 1 aromatic carbocycles. The van der Waals surface area contributed by atoms with Crippen molar-refractivity contribution in [3.05, 3.63) is 35.6 Å². The summed E-state index contributed by atoms with van der Waals surface area (Å²) in [5.74, 6) is 0.638. The second-order valence-electron chi connectivity index (χ2n) is 4.78. The van der Waals surface area contributed by atoms with Crippen molar-refractivity contribution in [2.24, 2.45) is 0 Å². The number of halogens is 1. The molecule has 0 bridgehead atoms. The molecule has 0 aliphatic carbocycles. The maximum absolute atomic E-state index is 9.96. The van der Waals surface area contributed by atoms with Gasteiger partial charge in [-0.2, -0.15) is 5.10 Å². The van der Waals surface area contributed by atoms with Gasteiger partial charge >= 0.3 is 0 Å². The number of benzene rings is 1. The van der Waals surface area contributed by atoms with Crippen molar-refractivity contribution < 1.29 is 9.84 Å². The fraction of sp³-hybridized carbons (Fsp3) is 0.429. The molecule has 1 unspecified atom stereocenters. The maximum atomic E-state index is 9.96. The number of hydrogen-bond donors (Lipinski definition) is 1. The quantitative estimate of drug-likeness (QED) is 0.889. The highest BCUT2D eigenvalue weighted by molar-refractivity contribution is 6.33. The predicted octanol–water partition coefficient (Wildman–Crippen LogP) is 2.38. The first-order valence-electron chi connectivity index (χ1n) is 6.50. The molecular formula is C14H18ClN3O2. The van der Waals surface area contributed by atoms with Crippen LogP contribution in [0.5, 0.6) is 0 Å². The summed E-state index contributed by atoms with van der Waals surface area (Å²) in [6, 6.07) is 7.42. The molecule has 20 heavy (non-hydrogen) atoms. The van der Waals surface area contributed by atoms with Crippen LogP contribution < -0.4 is 0 Å². The summed E-state index contributed by atoms with van der Waals surface area (Å²) in [6.45, 7) is 4.43. The molecule has 0 spiro atoms. The van der Waals surface area contributed by atoms with Gasteiger partial charge in [-0.15, -0.1) is 0 Å². The normalized spacial score (nSPS) is 12.8. The zero-order valence-electron chi connectivity index (χ0n) is 11.5. The van der Waals surface area contributed by atoms with E-state index in [1.54, 1.807) is 10.7 Å². The third-order valence-electron chi connectivity index (χ3n) is 2.74. The molecule has 0 amide bonds. The van der Waals surface area contributed by atoms with Gasteiger partial charge in [0.1, 0.15) is 6.33 Å². The van der Waals surface area contributed by atoms with E-state index in [4.69, 9.17) is 16.3 Å². The van der Waals surface area contributed by atoms with E-state index in [2.05, 4.69) is 10.1 Å². The largest absolute Gasteiger partial charge is 0.389 e. The molecule has 0 saturated heterocycles. The molecule has 0 radical (unpaired) electrons. The number of rotatable bonds is 6. The topological polar surface area (TPSA) is 60.2 Å². The van der Waals surface area contributed by atoms with Crippen LogP contribution in [0.1, 0.15) is 13.8 Å². The minimum absolute atomic E-state index is 0.0865. The number of aliphatic hydroxyl groups is 1. The molecule has 2 rings (SSSR count). The van der Waals surface area contributed by atoms with Gasteiger partial charge in [-0.1, -0.05) is 23.7 Å². The van der Waals surface area contributed by atoms with Gasteiger partial charge in [0.05, 0.1) is 30.4 Å². The smallest absolute Gasteiger partial charge is 0.159 e. The highest BCUT2D eigenvalue weighted by Crippen LogP contribution is 2.25. The Hall–Kier alpha value is -1.43. The van der Waals surface area contributed by atoms with E-state index < -0.39 is 6.10 Å². The number of ether oxygens (including phenoxy) is 1. The summed E-state index contributed by atoms with van der Waals surface area (Å²) in [6.07, 6.45) is 0.901. The van der Waals surface area contributed by atoms with Crippen LogP contribution in [0.3, 0.4) is 0 Å². The number of aromatic nitrogens is 3. The first-order chi connectivity index (χ1) is 9.58. The Bertz CT molecular complexity index is 557. The van der Waals surface area contributed by atoms with Crippen LogP contribution in [0, 0.1) is 0 Å². The minimum Gasteiger partial charge on any atom is -0.389 e. The summed E-state index contributed by atoms with van der Waals surface area (Å²) in [7, 11) is 0. The lowest BCUT2D eigenvalue weighted by atomic mass is 10.2. The number of hydrogen-bond acceptors (Lipinski definition) is 4. The van der Waals surface area contributed by atoms with Gasteiger partial charge in [-0.05, 0) is 26.0 Å². The van der Waals surface area contributed by atoms with E-state index in [0.29, 0.717) is 17.4 Å². The van der Waals surface area contributed by atoms with Crippen LogP contribution >= 0.6 is 11.6 Å². The van der Waals surface area contributed by atoms with Gasteiger partial charge in [0.2, 0.25) is 0 Å². The molecular weight excluding hydrogens is 278 g/mol. The fourth-order valence-electron chi connectivity index (χ4n) is 1.80. The van der Waals surface area contributed by atoms with E-state index in [1.165, 1.54) is 6.33 Å². The third kappa shape index (κ3) is 3.79. The Morgan fingerprint density at radius 2 is 2.10 bits per heavy atom. The molecule has 1 N–H and O–H groups in total. The van der Waals surface area contributed by atoms with Gasteiger partial charge in [-0.3, -0.25) is 0 Å². The van der Waals surface area contributed by atoms with E-state index in [9.17, 15) is 5.11 Å². The first kappa shape index (κ1) is 15.0. The zero-order valence-corrected chi connectivity index (χ0v) is 12.3. The van der Waals surface area contributed by atoms with Gasteiger partial charge in [0.15, 0.2) is 5.82 Å². The highest BCUT2D eigenvalue weighted by Gasteiger charge is 2.14. The zero-order chi connectivity index (χ0) is 14.5. The summed E-state index contributed by atoms with van der Waals surface area (Å²) in [5, 5.41) is 14.7. The van der Waals surface area contributed by atoms with Crippen molar-refractivity contribution in [1.82, 2.24) is 14.8 Å². The summed E-state index contributed by atoms with van der Waals surface area (Å²) in [4.78, 5) is 4.21. The molecule has 5 nitrogen and oxygen atoms in total. The third-order valence-corrected chi connectivity index (χ3v) is 3.07. The number of aliphatic hydroxyl groups excluding tert-OH is 1. The molecule has 6 heteroatoms. The standard InChI is InChI=1S/C14H18ClN3O2/c1-10(2)20-8-11(19)7-18-14(16-9-17-18)12-5-3-4-6-13(12)15/h3-6,9-11,19H,7-8H2,1-2H3. The minimum atomic E-state index is -0.639. The molecule has 2 aromatic rings. The fourth-order valence-corrected chi connectivity index (χ4v) is 2.03. The second-order valence-corrected chi connectivity index (χ2v) is 5.19. The van der Waals surface area contributed by atoms with Crippen LogP contribution in [-0.4, -0.2) is 38.7 Å². The van der Waals surface area contributed by atoms with Gasteiger partial charge in [0, 0.05) is 5.56 Å². The van der Waals surface area contributed by atoms with Crippen molar-refractivity contribution in [1.29, 1.82) is 0 Å². The van der Waals surface area contributed by atoms with Crippen LogP contribution in [-0.2, 0) is 11.3 Å². The molecule has 0 fully saturated rings. The lowest BCUT2D eigenvalue weighted by molar-refractivity contribution is -0.00185. The van der Waals surface area contributed by atoms with Crippen molar-refractivity contribution in [2.45, 2.75) is 32.6 Å². The Labute approximate surface area is 123 Å². The summed E-state index contributed by atoms with van der Waals surface area (Å²) >= 11 is 6.16. The lowest BCUT2D eigenvalue weighted by Crippen LogP contribution is -2.24. The number of nitrogens with zero attached hydrogens (tertiary/aromatic N) is 3. The van der Waals surface area contributed by atoms with Crippen LogP contribution in [0.4, 0.5) is 0 Å². The molecule has 1 atom stereocenters. The van der Waals surface area contributed by atoms with Gasteiger partial charge in [-0.25, -0.2) is 9.67 Å². The summed E-state index contributed by atoms with van der Waals surface area (Å²) < 4.78 is 7.02. The van der Waals surface area contributed by atoms with Crippen LogP contribution in [0.25, 0.3) is 11.4 Å². The van der Waals surface area contributed by atoms with E-state index in [0.717, 1.165) is 5.56 Å². The maximum Gasteiger partial charge on any atom is 0.159 e. The van der Waals surface area contributed by atoms with Crippen molar-refractivity contribution >= 4 is 11.6 Å². The van der Waals surface area contributed by atoms with E-state index in [-0.39, 0.29) is 12.7 Å². The molecule has 0 aliphatic heterocycles. The molecule has 1 aromatic heterocycles. The van der Waals surface area contributed by atoms with E-state index in [1.807, 2.05) is 32.0 Å².